The summed E-state index contributed by atoms with van der Waals surface area (Å²) in [5.41, 5.74) is 2.79. The average Bonchev–Trinajstić information content (AvgIpc) is 3.06. The molecule has 2 rings (SSSR count). The van der Waals surface area contributed by atoms with E-state index in [2.05, 4.69) is 5.32 Å². The van der Waals surface area contributed by atoms with Gasteiger partial charge in [0.15, 0.2) is 0 Å². The van der Waals surface area contributed by atoms with E-state index in [1.165, 1.54) is 0 Å². The van der Waals surface area contributed by atoms with Gasteiger partial charge in [-0.2, -0.15) is 11.3 Å². The summed E-state index contributed by atoms with van der Waals surface area (Å²) in [6.45, 7) is 5.19. The van der Waals surface area contributed by atoms with E-state index in [9.17, 15) is 9.90 Å². The molecule has 0 fully saturated rings. The van der Waals surface area contributed by atoms with Gasteiger partial charge >= 0.3 is 6.03 Å². The Labute approximate surface area is 146 Å². The molecule has 2 amide bonds. The number of carbonyl (C=O) groups excluding carboxylic acids is 1. The van der Waals surface area contributed by atoms with Crippen molar-refractivity contribution in [2.24, 2.45) is 0 Å². The largest absolute Gasteiger partial charge is 0.395 e. The fourth-order valence-electron chi connectivity index (χ4n) is 2.18. The molecular weight excluding hydrogens is 324 g/mol. The van der Waals surface area contributed by atoms with Crippen LogP contribution in [0, 0.1) is 0 Å². The Morgan fingerprint density at radius 1 is 1.33 bits per heavy atom. The number of nitrogens with zero attached hydrogens (tertiary/aromatic N) is 1. The van der Waals surface area contributed by atoms with Crippen LogP contribution in [-0.4, -0.2) is 35.3 Å². The summed E-state index contributed by atoms with van der Waals surface area (Å²) in [6, 6.07) is 9.36. The average molecular weight is 348 g/mol. The van der Waals surface area contributed by atoms with E-state index in [0.717, 1.165) is 16.8 Å². The molecule has 0 atom stereocenters. The Hall–Kier alpha value is -1.89. The van der Waals surface area contributed by atoms with E-state index in [0.29, 0.717) is 13.2 Å². The van der Waals surface area contributed by atoms with Crippen LogP contribution >= 0.6 is 11.3 Å². The third-order valence-corrected chi connectivity index (χ3v) is 4.10. The van der Waals surface area contributed by atoms with E-state index < -0.39 is 0 Å². The third kappa shape index (κ3) is 5.96. The highest BCUT2D eigenvalue weighted by Crippen LogP contribution is 2.15. The first-order chi connectivity index (χ1) is 11.6. The molecule has 6 heteroatoms. The summed E-state index contributed by atoms with van der Waals surface area (Å²) in [5.74, 6) is 0. The predicted octanol–water partition coefficient (Wildman–Crippen LogP) is 3.70. The quantitative estimate of drug-likeness (QED) is 0.765. The molecule has 2 N–H and O–H groups in total. The molecule has 2 aromatic rings. The lowest BCUT2D eigenvalue weighted by Gasteiger charge is -2.22. The lowest BCUT2D eigenvalue weighted by molar-refractivity contribution is 0.0657. The number of aliphatic hydroxyl groups is 1. The zero-order chi connectivity index (χ0) is 17.4. The number of rotatable bonds is 8. The molecule has 0 unspecified atom stereocenters. The summed E-state index contributed by atoms with van der Waals surface area (Å²) in [6.07, 6.45) is 0.161. The minimum absolute atomic E-state index is 0.0696. The fraction of sp³-hybridized carbons (Fsp3) is 0.389. The number of amides is 2. The van der Waals surface area contributed by atoms with Gasteiger partial charge in [-0.1, -0.05) is 12.1 Å². The molecule has 0 aliphatic carbocycles. The van der Waals surface area contributed by atoms with Crippen LogP contribution in [-0.2, 0) is 17.9 Å². The molecule has 0 spiro atoms. The summed E-state index contributed by atoms with van der Waals surface area (Å²) in [4.78, 5) is 14.1. The van der Waals surface area contributed by atoms with Crippen LogP contribution < -0.4 is 5.32 Å². The number of aliphatic hydroxyl groups excluding tert-OH is 1. The van der Waals surface area contributed by atoms with Gasteiger partial charge in [-0.25, -0.2) is 4.79 Å². The standard InChI is InChI=1S/C18H24N2O3S/c1-14(2)23-12-15-4-3-5-17(10-15)19-18(22)20(7-8-21)11-16-6-9-24-13-16/h3-6,9-10,13-14,21H,7-8,11-12H2,1-2H3,(H,19,22). The molecule has 5 nitrogen and oxygen atoms in total. The summed E-state index contributed by atoms with van der Waals surface area (Å²) < 4.78 is 5.59. The number of carbonyl (C=O) groups is 1. The second-order valence-electron chi connectivity index (χ2n) is 5.77. The van der Waals surface area contributed by atoms with Gasteiger partial charge in [0.25, 0.3) is 0 Å². The number of urea groups is 1. The Kier molecular flexibility index (Phi) is 7.24. The molecular formula is C18H24N2O3S. The van der Waals surface area contributed by atoms with Gasteiger partial charge in [0.2, 0.25) is 0 Å². The Bertz CT molecular complexity index is 629. The van der Waals surface area contributed by atoms with Crippen molar-refractivity contribution in [1.82, 2.24) is 4.90 Å². The van der Waals surface area contributed by atoms with E-state index in [1.807, 2.05) is 54.9 Å². The molecule has 0 bridgehead atoms. The first-order valence-electron chi connectivity index (χ1n) is 7.97. The van der Waals surface area contributed by atoms with Crippen LogP contribution in [0.25, 0.3) is 0 Å². The molecule has 1 heterocycles. The fourth-order valence-corrected chi connectivity index (χ4v) is 2.84. The van der Waals surface area contributed by atoms with Crippen LogP contribution in [0.1, 0.15) is 25.0 Å². The number of hydrogen-bond acceptors (Lipinski definition) is 4. The van der Waals surface area contributed by atoms with Gasteiger partial charge in [-0.15, -0.1) is 0 Å². The van der Waals surface area contributed by atoms with Crippen LogP contribution in [0.15, 0.2) is 41.1 Å². The van der Waals surface area contributed by atoms with Crippen LogP contribution in [0.2, 0.25) is 0 Å². The van der Waals surface area contributed by atoms with E-state index >= 15 is 0 Å². The highest BCUT2D eigenvalue weighted by molar-refractivity contribution is 7.07. The summed E-state index contributed by atoms with van der Waals surface area (Å²) in [5, 5.41) is 16.1. The van der Waals surface area contributed by atoms with Crippen LogP contribution in [0.3, 0.4) is 0 Å². The number of thiophene rings is 1. The lowest BCUT2D eigenvalue weighted by Crippen LogP contribution is -2.36. The minimum Gasteiger partial charge on any atom is -0.395 e. The highest BCUT2D eigenvalue weighted by atomic mass is 32.1. The SMILES string of the molecule is CC(C)OCc1cccc(NC(=O)N(CCO)Cc2ccsc2)c1. The molecule has 130 valence electrons. The maximum atomic E-state index is 12.5. The van der Waals surface area contributed by atoms with Crippen molar-refractivity contribution in [3.8, 4) is 0 Å². The van der Waals surface area contributed by atoms with Gasteiger partial charge in [-0.05, 0) is 53.9 Å². The van der Waals surface area contributed by atoms with Gasteiger partial charge < -0.3 is 20.1 Å². The first kappa shape index (κ1) is 18.4. The maximum Gasteiger partial charge on any atom is 0.322 e. The molecule has 1 aromatic heterocycles. The van der Waals surface area contributed by atoms with Gasteiger partial charge in [0.1, 0.15) is 0 Å². The van der Waals surface area contributed by atoms with Crippen molar-refractivity contribution < 1.29 is 14.6 Å². The molecule has 0 aliphatic rings. The topological polar surface area (TPSA) is 61.8 Å². The van der Waals surface area contributed by atoms with Crippen LogP contribution in [0.4, 0.5) is 10.5 Å². The van der Waals surface area contributed by atoms with Gasteiger partial charge in [0.05, 0.1) is 19.3 Å². The number of ether oxygens (including phenoxy) is 1. The Balaban J connectivity index is 1.99. The minimum atomic E-state index is -0.225. The van der Waals surface area contributed by atoms with Crippen molar-refractivity contribution in [3.63, 3.8) is 0 Å². The number of anilines is 1. The molecule has 0 radical (unpaired) electrons. The van der Waals surface area contributed by atoms with Crippen molar-refractivity contribution in [2.75, 3.05) is 18.5 Å². The predicted molar refractivity (Wildman–Crippen MR) is 97.2 cm³/mol. The number of nitrogens with one attached hydrogen (secondary N) is 1. The molecule has 0 saturated carbocycles. The highest BCUT2D eigenvalue weighted by Gasteiger charge is 2.14. The first-order valence-corrected chi connectivity index (χ1v) is 8.91. The van der Waals surface area contributed by atoms with E-state index in [-0.39, 0.29) is 25.3 Å². The molecule has 1 aromatic carbocycles. The normalized spacial score (nSPS) is 10.8. The molecule has 0 aliphatic heterocycles. The Morgan fingerprint density at radius 3 is 2.83 bits per heavy atom. The Morgan fingerprint density at radius 2 is 2.17 bits per heavy atom. The summed E-state index contributed by atoms with van der Waals surface area (Å²) in [7, 11) is 0. The smallest absolute Gasteiger partial charge is 0.322 e. The third-order valence-electron chi connectivity index (χ3n) is 3.37. The maximum absolute atomic E-state index is 12.5. The number of benzene rings is 1. The van der Waals surface area contributed by atoms with E-state index in [4.69, 9.17) is 4.74 Å². The zero-order valence-corrected chi connectivity index (χ0v) is 14.9. The lowest BCUT2D eigenvalue weighted by atomic mass is 10.2. The second kappa shape index (κ2) is 9.42. The van der Waals surface area contributed by atoms with Gasteiger partial charge in [-0.3, -0.25) is 0 Å². The van der Waals surface area contributed by atoms with E-state index in [1.54, 1.807) is 16.2 Å². The zero-order valence-electron chi connectivity index (χ0n) is 14.1. The monoisotopic (exact) mass is 348 g/mol. The van der Waals surface area contributed by atoms with Gasteiger partial charge in [0, 0.05) is 18.8 Å². The van der Waals surface area contributed by atoms with Crippen molar-refractivity contribution in [1.29, 1.82) is 0 Å². The van der Waals surface area contributed by atoms with Crippen LogP contribution in [0.5, 0.6) is 0 Å². The number of hydrogen-bond donors (Lipinski definition) is 2. The molecule has 0 saturated heterocycles. The molecule has 24 heavy (non-hydrogen) atoms. The second-order valence-corrected chi connectivity index (χ2v) is 6.55. The summed E-state index contributed by atoms with van der Waals surface area (Å²) >= 11 is 1.59. The van der Waals surface area contributed by atoms with Crippen molar-refractivity contribution >= 4 is 23.1 Å². The van der Waals surface area contributed by atoms with Crippen molar-refractivity contribution in [3.05, 3.63) is 52.2 Å². The van der Waals surface area contributed by atoms with Crippen molar-refractivity contribution in [2.45, 2.75) is 33.1 Å².